The van der Waals surface area contributed by atoms with Gasteiger partial charge in [0.2, 0.25) is 10.0 Å². The molecule has 0 spiro atoms. The molecule has 6 nitrogen and oxygen atoms in total. The Balaban J connectivity index is 1.90. The van der Waals surface area contributed by atoms with Gasteiger partial charge < -0.3 is 0 Å². The van der Waals surface area contributed by atoms with E-state index in [0.29, 0.717) is 10.0 Å². The summed E-state index contributed by atoms with van der Waals surface area (Å²) in [5.74, 6) is 0. The fraction of sp³-hybridized carbons (Fsp3) is 0.250. The van der Waals surface area contributed by atoms with E-state index < -0.39 is 20.0 Å². The number of nitrogens with one attached hydrogen (secondary N) is 2. The first-order chi connectivity index (χ1) is 11.7. The van der Waals surface area contributed by atoms with Crippen molar-refractivity contribution in [3.8, 4) is 0 Å². The minimum Gasteiger partial charge on any atom is -0.280 e. The Morgan fingerprint density at radius 2 is 1.72 bits per heavy atom. The molecule has 0 atom stereocenters. The fourth-order valence-corrected chi connectivity index (χ4v) is 5.47. The van der Waals surface area contributed by atoms with Gasteiger partial charge in [-0.05, 0) is 55.7 Å². The second kappa shape index (κ2) is 6.71. The molecule has 1 aliphatic rings. The zero-order valence-corrected chi connectivity index (χ0v) is 16.6. The van der Waals surface area contributed by atoms with E-state index in [1.807, 2.05) is 0 Å². The Hall–Kier alpha value is -1.42. The van der Waals surface area contributed by atoms with Gasteiger partial charge in [-0.15, -0.1) is 0 Å². The van der Waals surface area contributed by atoms with Gasteiger partial charge in [0.05, 0.1) is 15.5 Å². The van der Waals surface area contributed by atoms with Gasteiger partial charge in [0, 0.05) is 10.5 Å². The van der Waals surface area contributed by atoms with E-state index >= 15 is 0 Å². The molecule has 134 valence electrons. The molecular weight excluding hydrogens is 428 g/mol. The van der Waals surface area contributed by atoms with Crippen LogP contribution in [0.3, 0.4) is 0 Å². The molecule has 25 heavy (non-hydrogen) atoms. The topological polar surface area (TPSA) is 92.3 Å². The van der Waals surface area contributed by atoms with Gasteiger partial charge in [-0.2, -0.15) is 0 Å². The molecule has 0 radical (unpaired) electrons. The van der Waals surface area contributed by atoms with Crippen LogP contribution in [0.4, 0.5) is 5.69 Å². The molecule has 3 rings (SSSR count). The van der Waals surface area contributed by atoms with Crippen molar-refractivity contribution in [3.63, 3.8) is 0 Å². The quantitative estimate of drug-likeness (QED) is 0.715. The molecule has 0 bridgehead atoms. The van der Waals surface area contributed by atoms with Crippen LogP contribution in [0.1, 0.15) is 18.4 Å². The zero-order chi connectivity index (χ0) is 18.2. The van der Waals surface area contributed by atoms with E-state index in [2.05, 4.69) is 25.4 Å². The summed E-state index contributed by atoms with van der Waals surface area (Å²) in [7, 11) is -7.48. The molecular formula is C16H17BrN2O4S2. The number of hydrogen-bond acceptors (Lipinski definition) is 4. The van der Waals surface area contributed by atoms with Gasteiger partial charge in [-0.25, -0.2) is 21.6 Å². The van der Waals surface area contributed by atoms with Crippen molar-refractivity contribution in [3.05, 3.63) is 52.5 Å². The van der Waals surface area contributed by atoms with Gasteiger partial charge in [0.1, 0.15) is 0 Å². The lowest BCUT2D eigenvalue weighted by Crippen LogP contribution is -2.25. The summed E-state index contributed by atoms with van der Waals surface area (Å²) in [4.78, 5) is 0.164. The number of sulfonamides is 2. The van der Waals surface area contributed by atoms with Crippen LogP contribution < -0.4 is 9.44 Å². The lowest BCUT2D eigenvalue weighted by molar-refractivity contribution is 0.580. The number of aryl methyl sites for hydroxylation is 1. The molecule has 0 amide bonds. The minimum absolute atomic E-state index is 0.0188. The maximum absolute atomic E-state index is 12.6. The Morgan fingerprint density at radius 3 is 2.40 bits per heavy atom. The Labute approximate surface area is 155 Å². The predicted octanol–water partition coefficient (Wildman–Crippen LogP) is 3.00. The molecule has 2 aromatic carbocycles. The van der Waals surface area contributed by atoms with Crippen LogP contribution in [0.25, 0.3) is 0 Å². The number of benzene rings is 2. The van der Waals surface area contributed by atoms with E-state index in [9.17, 15) is 16.8 Å². The van der Waals surface area contributed by atoms with Crippen molar-refractivity contribution in [2.75, 3.05) is 4.72 Å². The summed E-state index contributed by atoms with van der Waals surface area (Å²) in [5.41, 5.74) is 0.785. The van der Waals surface area contributed by atoms with E-state index in [-0.39, 0.29) is 21.5 Å². The maximum atomic E-state index is 12.6. The maximum Gasteiger partial charge on any atom is 0.262 e. The van der Waals surface area contributed by atoms with Gasteiger partial charge >= 0.3 is 0 Å². The highest BCUT2D eigenvalue weighted by atomic mass is 79.9. The third-order valence-corrected chi connectivity index (χ3v) is 7.27. The van der Waals surface area contributed by atoms with E-state index in [1.54, 1.807) is 19.1 Å². The van der Waals surface area contributed by atoms with E-state index in [0.717, 1.165) is 12.8 Å². The number of halogens is 1. The summed E-state index contributed by atoms with van der Waals surface area (Å²) in [5, 5.41) is 0. The standard InChI is InChI=1S/C16H17BrN2O4S2/c1-11-5-6-12(17)9-16(11)25(22,23)19-14-3-2-4-15(10-14)24(20,21)18-13-7-8-13/h2-6,9-10,13,18-19H,7-8H2,1H3. The van der Waals surface area contributed by atoms with Crippen LogP contribution in [0, 0.1) is 6.92 Å². The summed E-state index contributed by atoms with van der Waals surface area (Å²) < 4.78 is 55.5. The van der Waals surface area contributed by atoms with E-state index in [1.165, 1.54) is 30.3 Å². The highest BCUT2D eigenvalue weighted by molar-refractivity contribution is 9.10. The lowest BCUT2D eigenvalue weighted by atomic mass is 10.2. The summed E-state index contributed by atoms with van der Waals surface area (Å²) in [6.07, 6.45) is 1.65. The van der Waals surface area contributed by atoms with Crippen LogP contribution in [0.2, 0.25) is 0 Å². The average Bonchev–Trinajstić information content (AvgIpc) is 3.33. The normalized spacial score (nSPS) is 15.1. The van der Waals surface area contributed by atoms with Crippen molar-refractivity contribution in [1.29, 1.82) is 0 Å². The highest BCUT2D eigenvalue weighted by Gasteiger charge is 2.28. The summed E-state index contributed by atoms with van der Waals surface area (Å²) >= 11 is 3.26. The predicted molar refractivity (Wildman–Crippen MR) is 99.5 cm³/mol. The third-order valence-electron chi connectivity index (χ3n) is 3.74. The molecule has 1 aliphatic carbocycles. The molecule has 0 aliphatic heterocycles. The Morgan fingerprint density at radius 1 is 1.00 bits per heavy atom. The minimum atomic E-state index is -3.83. The van der Waals surface area contributed by atoms with Gasteiger partial charge in [0.25, 0.3) is 10.0 Å². The van der Waals surface area contributed by atoms with Crippen LogP contribution in [-0.2, 0) is 20.0 Å². The third kappa shape index (κ3) is 4.41. The van der Waals surface area contributed by atoms with Crippen LogP contribution in [0.5, 0.6) is 0 Å². The van der Waals surface area contributed by atoms with Crippen LogP contribution in [-0.4, -0.2) is 22.9 Å². The van der Waals surface area contributed by atoms with Gasteiger partial charge in [-0.3, -0.25) is 4.72 Å². The number of anilines is 1. The molecule has 2 N–H and O–H groups in total. The van der Waals surface area contributed by atoms with Crippen LogP contribution >= 0.6 is 15.9 Å². The van der Waals surface area contributed by atoms with Crippen LogP contribution in [0.15, 0.2) is 56.7 Å². The molecule has 1 fully saturated rings. The Kier molecular flexibility index (Phi) is 4.93. The zero-order valence-electron chi connectivity index (χ0n) is 13.4. The molecule has 1 saturated carbocycles. The highest BCUT2D eigenvalue weighted by Crippen LogP contribution is 2.26. The van der Waals surface area contributed by atoms with Crippen molar-refractivity contribution in [2.24, 2.45) is 0 Å². The second-order valence-corrected chi connectivity index (χ2v) is 10.2. The van der Waals surface area contributed by atoms with Crippen molar-refractivity contribution < 1.29 is 16.8 Å². The fourth-order valence-electron chi connectivity index (χ4n) is 2.29. The number of hydrogen-bond donors (Lipinski definition) is 2. The van der Waals surface area contributed by atoms with Gasteiger partial charge in [0.15, 0.2) is 0 Å². The molecule has 9 heteroatoms. The summed E-state index contributed by atoms with van der Waals surface area (Å²) in [6, 6.07) is 10.7. The van der Waals surface area contributed by atoms with Crippen molar-refractivity contribution in [2.45, 2.75) is 35.6 Å². The molecule has 2 aromatic rings. The second-order valence-electron chi connectivity index (χ2n) is 5.94. The first kappa shape index (κ1) is 18.4. The molecule has 0 saturated heterocycles. The number of rotatable bonds is 6. The summed E-state index contributed by atoms with van der Waals surface area (Å²) in [6.45, 7) is 1.70. The molecule has 0 unspecified atom stereocenters. The first-order valence-electron chi connectivity index (χ1n) is 7.59. The van der Waals surface area contributed by atoms with Crippen molar-refractivity contribution >= 4 is 41.7 Å². The van der Waals surface area contributed by atoms with E-state index in [4.69, 9.17) is 0 Å². The monoisotopic (exact) mass is 444 g/mol. The average molecular weight is 445 g/mol. The first-order valence-corrected chi connectivity index (χ1v) is 11.3. The Bertz CT molecular complexity index is 1020. The SMILES string of the molecule is Cc1ccc(Br)cc1S(=O)(=O)Nc1cccc(S(=O)(=O)NC2CC2)c1. The molecule has 0 aromatic heterocycles. The van der Waals surface area contributed by atoms with Crippen molar-refractivity contribution in [1.82, 2.24) is 4.72 Å². The lowest BCUT2D eigenvalue weighted by Gasteiger charge is -2.12. The smallest absolute Gasteiger partial charge is 0.262 e. The van der Waals surface area contributed by atoms with Gasteiger partial charge in [-0.1, -0.05) is 28.1 Å². The largest absolute Gasteiger partial charge is 0.280 e. The molecule has 0 heterocycles.